The van der Waals surface area contributed by atoms with E-state index >= 15 is 0 Å². The number of aliphatic carboxylic acids is 2. The number of carboxylic acids is 2. The van der Waals surface area contributed by atoms with Crippen LogP contribution >= 0.6 is 24.6 Å². The first-order chi connectivity index (χ1) is 35.2. The maximum Gasteiger partial charge on any atom is 0.326 e. The number of thiol groups is 1. The van der Waals surface area contributed by atoms with Gasteiger partial charge in [-0.2, -0.15) is 16.2 Å². The van der Waals surface area contributed by atoms with Crippen molar-refractivity contribution in [3.63, 3.8) is 0 Å². The van der Waals surface area contributed by atoms with Crippen molar-refractivity contribution in [2.45, 2.75) is 154 Å². The number of hydrogen-bond donors (Lipinski definition) is 9. The molecular formula is C50H86FN5O15S2. The Bertz CT molecular complexity index is 1620. The molecule has 1 rings (SSSR count). The number of benzene rings is 1. The Hall–Kier alpha value is -4.39. The number of phenolic OH excluding ortho intramolecular Hbond substituents is 1. The summed E-state index contributed by atoms with van der Waals surface area (Å²) in [5, 5.41) is 37.9. The summed E-state index contributed by atoms with van der Waals surface area (Å²) in [6.45, 7) is 5.07. The lowest BCUT2D eigenvalue weighted by atomic mass is 10.0. The highest BCUT2D eigenvalue weighted by Crippen LogP contribution is 2.14. The minimum atomic E-state index is -1.36. The minimum absolute atomic E-state index is 0.0348. The average Bonchev–Trinajstić information content (AvgIpc) is 3.36. The van der Waals surface area contributed by atoms with E-state index in [2.05, 4.69) is 38.8 Å². The van der Waals surface area contributed by atoms with Gasteiger partial charge in [-0.3, -0.25) is 33.5 Å². The lowest BCUT2D eigenvalue weighted by molar-refractivity contribution is -0.142. The predicted octanol–water partition coefficient (Wildman–Crippen LogP) is 5.27. The molecule has 0 saturated carbocycles. The highest BCUT2D eigenvalue weighted by atomic mass is 32.2. The molecule has 20 nitrogen and oxygen atoms in total. The molecule has 0 fully saturated rings. The summed E-state index contributed by atoms with van der Waals surface area (Å²) < 4.78 is 35.3. The summed E-state index contributed by atoms with van der Waals surface area (Å²) >= 11 is 4.96. The van der Waals surface area contributed by atoms with E-state index in [1.807, 2.05) is 13.8 Å². The number of rotatable bonds is 46. The van der Waals surface area contributed by atoms with Crippen LogP contribution < -0.4 is 26.0 Å². The third-order valence-electron chi connectivity index (χ3n) is 10.4. The van der Waals surface area contributed by atoms with Crippen molar-refractivity contribution >= 4 is 72.5 Å². The van der Waals surface area contributed by atoms with Crippen molar-refractivity contribution in [1.29, 1.82) is 0 Å². The Morgan fingerprint density at radius 2 is 1.08 bits per heavy atom. The van der Waals surface area contributed by atoms with E-state index in [0.29, 0.717) is 18.5 Å². The number of hydrogen-bond acceptors (Lipinski definition) is 16. The second-order valence-electron chi connectivity index (χ2n) is 16.5. The predicted molar refractivity (Wildman–Crippen MR) is 281 cm³/mol. The molecule has 1 aromatic rings. The number of thioether (sulfide) groups is 1. The third kappa shape index (κ3) is 47.1. The number of amides is 4. The summed E-state index contributed by atoms with van der Waals surface area (Å²) in [6, 6.07) is 2.34. The Morgan fingerprint density at radius 3 is 1.52 bits per heavy atom. The van der Waals surface area contributed by atoms with Gasteiger partial charge in [-0.1, -0.05) is 116 Å². The first-order valence-electron chi connectivity index (χ1n) is 25.4. The topological polar surface area (TPSA) is 294 Å². The van der Waals surface area contributed by atoms with E-state index < -0.39 is 42.0 Å². The zero-order valence-corrected chi connectivity index (χ0v) is 45.0. The summed E-state index contributed by atoms with van der Waals surface area (Å²) in [5.41, 5.74) is 0.783. The largest absolute Gasteiger partial charge is 0.508 e. The van der Waals surface area contributed by atoms with Crippen LogP contribution in [0, 0.1) is 0 Å². The second kappa shape index (κ2) is 51.1. The Labute approximate surface area is 441 Å². The lowest BCUT2D eigenvalue weighted by Gasteiger charge is -2.14. The Kier molecular flexibility index (Phi) is 49.5. The fourth-order valence-corrected chi connectivity index (χ4v) is 7.37. The molecule has 0 saturated heterocycles. The van der Waals surface area contributed by atoms with Gasteiger partial charge in [0.15, 0.2) is 0 Å². The highest BCUT2D eigenvalue weighted by molar-refractivity contribution is 7.98. The van der Waals surface area contributed by atoms with Crippen molar-refractivity contribution in [3.8, 4) is 5.75 Å². The van der Waals surface area contributed by atoms with Gasteiger partial charge in [-0.15, -0.1) is 0 Å². The quantitative estimate of drug-likeness (QED) is 0.0174. The van der Waals surface area contributed by atoms with E-state index in [1.54, 1.807) is 18.4 Å². The number of carboxylic acid groups (broad SMARTS) is 2. The highest BCUT2D eigenvalue weighted by Gasteiger charge is 2.21. The van der Waals surface area contributed by atoms with Crippen LogP contribution in [-0.4, -0.2) is 159 Å². The first-order valence-corrected chi connectivity index (χ1v) is 27.2. The molecule has 2 unspecified atom stereocenters. The number of aldehydes is 1. The van der Waals surface area contributed by atoms with Crippen molar-refractivity contribution in [2.24, 2.45) is 0 Å². The number of ether oxygens (including phenoxy) is 4. The van der Waals surface area contributed by atoms with Crippen LogP contribution in [0.2, 0.25) is 0 Å². The van der Waals surface area contributed by atoms with E-state index in [9.17, 15) is 53.0 Å². The van der Waals surface area contributed by atoms with Gasteiger partial charge >= 0.3 is 18.0 Å². The van der Waals surface area contributed by atoms with E-state index in [1.165, 1.54) is 62.4 Å². The van der Waals surface area contributed by atoms with E-state index in [-0.39, 0.29) is 122 Å². The van der Waals surface area contributed by atoms with Gasteiger partial charge in [0.25, 0.3) is 0 Å². The van der Waals surface area contributed by atoms with Crippen LogP contribution in [0.5, 0.6) is 5.75 Å². The molecule has 420 valence electrons. The number of phenols is 1. The summed E-state index contributed by atoms with van der Waals surface area (Å²) in [7, 11) is 0. The zero-order chi connectivity index (χ0) is 54.7. The molecule has 0 radical (unpaired) electrons. The molecule has 4 amide bonds. The van der Waals surface area contributed by atoms with Crippen LogP contribution in [0.25, 0.3) is 0 Å². The number of nitrogens with one attached hydrogen (secondary N) is 5. The standard InChI is InChI=1S/C44H72N4O14.C4H8FNOS2.C2H6/c49-32-36(31-35-17-19-37(50)20-18-35)47-42(54)34-62-30-28-60-26-24-46-41(53)33-61-29-27-59-25-23-45-39(51)22-21-38(44(57)58)48-40(52)15-13-11-9-7-5-3-1-2-4-6-8-10-12-14-16-43(55)56;1-9-2-3(6-8)4(5)7;1-2/h17-20,32,36,38,50H,1-16,21-31,33-34H2,(H,45,51)(H,46,53)(H,47,54)(H,48,52)(H,55,56)(H,57,58);3,6,8H,2H2,1H3;1-2H3/t36?,38-;;/m0../s1. The van der Waals surface area contributed by atoms with E-state index in [0.717, 1.165) is 50.5 Å². The Balaban J connectivity index is 0. The number of unbranched alkanes of at least 4 members (excludes halogenated alkanes) is 13. The van der Waals surface area contributed by atoms with Crippen LogP contribution in [0.15, 0.2) is 24.3 Å². The van der Waals surface area contributed by atoms with Gasteiger partial charge in [0.1, 0.15) is 37.3 Å². The number of aromatic hydroxyl groups is 1. The van der Waals surface area contributed by atoms with E-state index in [4.69, 9.17) is 24.1 Å². The first kappa shape index (κ1) is 70.7. The number of carbonyl (C=O) groups is 8. The second-order valence-corrected chi connectivity index (χ2v) is 17.7. The molecule has 0 aromatic heterocycles. The van der Waals surface area contributed by atoms with Gasteiger partial charge in [-0.25, -0.2) is 4.79 Å². The maximum atomic E-state index is 12.3. The smallest absolute Gasteiger partial charge is 0.326 e. The van der Waals surface area contributed by atoms with Crippen molar-refractivity contribution in [2.75, 3.05) is 78.0 Å². The van der Waals surface area contributed by atoms with Crippen LogP contribution in [0.3, 0.4) is 0 Å². The average molecular weight is 1080 g/mol. The van der Waals surface area contributed by atoms with Crippen LogP contribution in [-0.2, 0) is 63.7 Å². The van der Waals surface area contributed by atoms with Gasteiger partial charge in [-0.05, 0) is 49.6 Å². The Morgan fingerprint density at radius 1 is 0.616 bits per heavy atom. The molecule has 1 aromatic carbocycles. The molecule has 23 heteroatoms. The molecule has 0 aliphatic carbocycles. The van der Waals surface area contributed by atoms with Crippen molar-refractivity contribution in [1.82, 2.24) is 26.0 Å². The number of carbonyl (C=O) groups excluding carboxylic acids is 6. The normalized spacial score (nSPS) is 11.8. The maximum absolute atomic E-state index is 12.3. The SMILES string of the molecule is CC.CSCC(NS)C(=O)F.O=CC(Cc1ccc(O)cc1)NC(=O)COCCOCCNC(=O)COCCOCCNC(=O)CC[C@H](NC(=O)CCCCCCCCCCCCCCCCC(=O)O)C(=O)O. The molecule has 3 atom stereocenters. The van der Waals surface area contributed by atoms with Gasteiger partial charge in [0, 0.05) is 38.1 Å². The summed E-state index contributed by atoms with van der Waals surface area (Å²) in [5.74, 6) is -2.88. The summed E-state index contributed by atoms with van der Waals surface area (Å²) in [6.07, 6.45) is 18.1. The summed E-state index contributed by atoms with van der Waals surface area (Å²) in [4.78, 5) is 91.9. The molecule has 0 heterocycles. The van der Waals surface area contributed by atoms with Crippen molar-refractivity contribution < 1.29 is 77.0 Å². The monoisotopic (exact) mass is 1080 g/mol. The van der Waals surface area contributed by atoms with Gasteiger partial charge in [0.2, 0.25) is 23.6 Å². The molecule has 0 spiro atoms. The van der Waals surface area contributed by atoms with Crippen LogP contribution in [0.1, 0.15) is 135 Å². The molecule has 0 bridgehead atoms. The fourth-order valence-electron chi connectivity index (χ4n) is 6.50. The van der Waals surface area contributed by atoms with Crippen molar-refractivity contribution in [3.05, 3.63) is 29.8 Å². The zero-order valence-electron chi connectivity index (χ0n) is 43.3. The third-order valence-corrected chi connectivity index (χ3v) is 11.3. The molecule has 73 heavy (non-hydrogen) atoms. The minimum Gasteiger partial charge on any atom is -0.508 e. The molecule has 0 aliphatic heterocycles. The molecular weight excluding hydrogens is 994 g/mol. The van der Waals surface area contributed by atoms with Crippen LogP contribution in [0.4, 0.5) is 4.39 Å². The lowest BCUT2D eigenvalue weighted by Crippen LogP contribution is -2.41. The molecule has 0 aliphatic rings. The van der Waals surface area contributed by atoms with Gasteiger partial charge in [0.05, 0.1) is 45.7 Å². The number of halogens is 1. The van der Waals surface area contributed by atoms with Gasteiger partial charge < -0.3 is 60.3 Å². The molecule has 8 N–H and O–H groups in total. The fraction of sp³-hybridized carbons (Fsp3) is 0.720.